The Morgan fingerprint density at radius 3 is 2.76 bits per heavy atom. The molecule has 1 N–H and O–H groups in total. The minimum atomic E-state index is -3.94. The summed E-state index contributed by atoms with van der Waals surface area (Å²) >= 11 is 0. The number of hydrogen-bond acceptors (Lipinski definition) is 6. The van der Waals surface area contributed by atoms with Gasteiger partial charge in [-0.2, -0.15) is 0 Å². The third-order valence-electron chi connectivity index (χ3n) is 3.95. The number of nitrogens with one attached hydrogen (secondary N) is 1. The van der Waals surface area contributed by atoms with Gasteiger partial charge in [0.15, 0.2) is 0 Å². The van der Waals surface area contributed by atoms with Crippen LogP contribution in [0, 0.1) is 5.82 Å². The predicted molar refractivity (Wildman–Crippen MR) is 90.5 cm³/mol. The van der Waals surface area contributed by atoms with Crippen molar-refractivity contribution >= 4 is 16.0 Å². The first-order valence-electron chi connectivity index (χ1n) is 7.90. The van der Waals surface area contributed by atoms with Crippen molar-refractivity contribution < 1.29 is 17.5 Å². The zero-order valence-corrected chi connectivity index (χ0v) is 14.6. The van der Waals surface area contributed by atoms with E-state index in [9.17, 15) is 12.8 Å². The average molecular weight is 366 g/mol. The average Bonchev–Trinajstić information content (AvgIpc) is 3.15. The van der Waals surface area contributed by atoms with Gasteiger partial charge in [-0.05, 0) is 37.1 Å². The van der Waals surface area contributed by atoms with Gasteiger partial charge in [0.05, 0.1) is 19.3 Å². The number of methoxy groups -OCH3 is 1. The normalized spacial score (nSPS) is 14.7. The van der Waals surface area contributed by atoms with Crippen molar-refractivity contribution in [2.45, 2.75) is 24.3 Å². The Labute approximate surface area is 145 Å². The Morgan fingerprint density at radius 2 is 2.04 bits per heavy atom. The first-order valence-corrected chi connectivity index (χ1v) is 9.38. The zero-order chi connectivity index (χ0) is 17.9. The van der Waals surface area contributed by atoms with Crippen molar-refractivity contribution in [3.63, 3.8) is 0 Å². The highest BCUT2D eigenvalue weighted by Gasteiger charge is 2.21. The van der Waals surface area contributed by atoms with Crippen LogP contribution in [0.3, 0.4) is 0 Å². The van der Waals surface area contributed by atoms with Crippen molar-refractivity contribution in [1.82, 2.24) is 14.7 Å². The second-order valence-corrected chi connectivity index (χ2v) is 7.40. The molecule has 134 valence electrons. The predicted octanol–water partition coefficient (Wildman–Crippen LogP) is 1.70. The van der Waals surface area contributed by atoms with Crippen LogP contribution < -0.4 is 14.4 Å². The summed E-state index contributed by atoms with van der Waals surface area (Å²) in [7, 11) is -2.61. The Bertz CT molecular complexity index is 854. The van der Waals surface area contributed by atoms with Gasteiger partial charge in [0, 0.05) is 19.3 Å². The molecule has 25 heavy (non-hydrogen) atoms. The van der Waals surface area contributed by atoms with Gasteiger partial charge in [0.25, 0.3) is 0 Å². The Balaban J connectivity index is 1.76. The number of nitrogens with zero attached hydrogens (tertiary/aromatic N) is 3. The third kappa shape index (κ3) is 4.05. The topological polar surface area (TPSA) is 84.4 Å². The van der Waals surface area contributed by atoms with Gasteiger partial charge in [-0.15, -0.1) is 0 Å². The Hall–Kier alpha value is -2.26. The summed E-state index contributed by atoms with van der Waals surface area (Å²) in [5.41, 5.74) is 0.538. The molecule has 0 spiro atoms. The number of sulfonamides is 1. The molecule has 9 heteroatoms. The van der Waals surface area contributed by atoms with Gasteiger partial charge in [0.2, 0.25) is 16.0 Å². The van der Waals surface area contributed by atoms with Gasteiger partial charge in [-0.3, -0.25) is 0 Å². The highest BCUT2D eigenvalue weighted by atomic mass is 32.2. The number of halogens is 1. The molecule has 1 aliphatic heterocycles. The zero-order valence-electron chi connectivity index (χ0n) is 13.8. The first-order chi connectivity index (χ1) is 12.0. The molecule has 1 fully saturated rings. The maximum atomic E-state index is 13.4. The summed E-state index contributed by atoms with van der Waals surface area (Å²) in [6.45, 7) is 1.77. The smallest absolute Gasteiger partial charge is 0.244 e. The largest absolute Gasteiger partial charge is 0.495 e. The summed E-state index contributed by atoms with van der Waals surface area (Å²) in [6.07, 6.45) is 3.80. The van der Waals surface area contributed by atoms with Gasteiger partial charge in [-0.1, -0.05) is 0 Å². The minimum absolute atomic E-state index is 0.0225. The minimum Gasteiger partial charge on any atom is -0.495 e. The van der Waals surface area contributed by atoms with E-state index in [2.05, 4.69) is 19.6 Å². The molecule has 1 saturated heterocycles. The first kappa shape index (κ1) is 17.6. The van der Waals surface area contributed by atoms with Crippen molar-refractivity contribution in [2.24, 2.45) is 0 Å². The van der Waals surface area contributed by atoms with Crippen LogP contribution in [0.1, 0.15) is 18.5 Å². The lowest BCUT2D eigenvalue weighted by Crippen LogP contribution is -2.25. The summed E-state index contributed by atoms with van der Waals surface area (Å²) in [5.74, 6) is 0.0198. The van der Waals surface area contributed by atoms with Crippen LogP contribution in [-0.2, 0) is 16.6 Å². The van der Waals surface area contributed by atoms with E-state index in [0.717, 1.165) is 38.1 Å². The van der Waals surface area contributed by atoms with E-state index < -0.39 is 15.8 Å². The lowest BCUT2D eigenvalue weighted by atomic mass is 10.3. The number of ether oxygens (including phenoxy) is 1. The van der Waals surface area contributed by atoms with Crippen LogP contribution in [0.4, 0.5) is 10.3 Å². The molecule has 2 heterocycles. The van der Waals surface area contributed by atoms with E-state index in [4.69, 9.17) is 4.74 Å². The number of aromatic nitrogens is 2. The van der Waals surface area contributed by atoms with Crippen LogP contribution in [0.2, 0.25) is 0 Å². The molecule has 0 radical (unpaired) electrons. The molecule has 0 atom stereocenters. The van der Waals surface area contributed by atoms with E-state index >= 15 is 0 Å². The molecule has 1 aliphatic rings. The Kier molecular flexibility index (Phi) is 5.14. The van der Waals surface area contributed by atoms with Crippen molar-refractivity contribution in [3.05, 3.63) is 42.0 Å². The molecule has 3 rings (SSSR count). The second-order valence-electron chi connectivity index (χ2n) is 5.66. The fraction of sp³-hybridized carbons (Fsp3) is 0.375. The Morgan fingerprint density at radius 1 is 1.28 bits per heavy atom. The highest BCUT2D eigenvalue weighted by molar-refractivity contribution is 7.89. The molecule has 0 amide bonds. The number of rotatable bonds is 6. The molecule has 2 aromatic rings. The van der Waals surface area contributed by atoms with Crippen molar-refractivity contribution in [2.75, 3.05) is 25.1 Å². The summed E-state index contributed by atoms with van der Waals surface area (Å²) < 4.78 is 45.8. The number of anilines is 1. The molecule has 0 unspecified atom stereocenters. The van der Waals surface area contributed by atoms with E-state index in [1.54, 1.807) is 12.3 Å². The van der Waals surface area contributed by atoms with Gasteiger partial charge in [-0.25, -0.2) is 27.5 Å². The maximum Gasteiger partial charge on any atom is 0.244 e. The van der Waals surface area contributed by atoms with E-state index in [0.29, 0.717) is 11.6 Å². The van der Waals surface area contributed by atoms with E-state index in [-0.39, 0.29) is 17.2 Å². The van der Waals surface area contributed by atoms with E-state index in [1.807, 2.05) is 0 Å². The lowest BCUT2D eigenvalue weighted by Gasteiger charge is -2.15. The SMILES string of the molecule is COc1ccc(F)cc1S(=O)(=O)NCc1ccnc(N2CCCC2)n1. The highest BCUT2D eigenvalue weighted by Crippen LogP contribution is 2.24. The van der Waals surface area contributed by atoms with Crippen LogP contribution in [0.25, 0.3) is 0 Å². The fourth-order valence-electron chi connectivity index (χ4n) is 2.66. The van der Waals surface area contributed by atoms with Gasteiger partial charge < -0.3 is 9.64 Å². The molecule has 1 aromatic carbocycles. The lowest BCUT2D eigenvalue weighted by molar-refractivity contribution is 0.400. The molecular formula is C16H19FN4O3S. The molecule has 0 saturated carbocycles. The van der Waals surface area contributed by atoms with Crippen LogP contribution in [0.15, 0.2) is 35.4 Å². The summed E-state index contributed by atoms with van der Waals surface area (Å²) in [5, 5.41) is 0. The molecule has 0 aliphatic carbocycles. The molecule has 7 nitrogen and oxygen atoms in total. The molecule has 1 aromatic heterocycles. The van der Waals surface area contributed by atoms with Gasteiger partial charge in [0.1, 0.15) is 16.5 Å². The summed E-state index contributed by atoms with van der Waals surface area (Å²) in [4.78, 5) is 10.4. The quantitative estimate of drug-likeness (QED) is 0.838. The molecule has 0 bridgehead atoms. The number of hydrogen-bond donors (Lipinski definition) is 1. The van der Waals surface area contributed by atoms with Crippen LogP contribution in [0.5, 0.6) is 5.75 Å². The summed E-state index contributed by atoms with van der Waals surface area (Å²) in [6, 6.07) is 4.99. The third-order valence-corrected chi connectivity index (χ3v) is 5.37. The van der Waals surface area contributed by atoms with Crippen molar-refractivity contribution in [3.8, 4) is 5.75 Å². The van der Waals surface area contributed by atoms with Crippen LogP contribution >= 0.6 is 0 Å². The maximum absolute atomic E-state index is 13.4. The molecular weight excluding hydrogens is 347 g/mol. The van der Waals surface area contributed by atoms with E-state index in [1.165, 1.54) is 13.2 Å². The van der Waals surface area contributed by atoms with Crippen molar-refractivity contribution in [1.29, 1.82) is 0 Å². The second kappa shape index (κ2) is 7.32. The number of benzene rings is 1. The fourth-order valence-corrected chi connectivity index (χ4v) is 3.84. The van der Waals surface area contributed by atoms with Crippen LogP contribution in [-0.4, -0.2) is 38.6 Å². The standard InChI is InChI=1S/C16H19FN4O3S/c1-24-14-5-4-12(17)10-15(14)25(22,23)19-11-13-6-7-18-16(20-13)21-8-2-3-9-21/h4-7,10,19H,2-3,8-9,11H2,1H3. The van der Waals surface area contributed by atoms with Gasteiger partial charge >= 0.3 is 0 Å². The monoisotopic (exact) mass is 366 g/mol.